The molecule has 0 amide bonds. The molecule has 0 radical (unpaired) electrons. The van der Waals surface area contributed by atoms with Gasteiger partial charge in [-0.15, -0.1) is 0 Å². The smallest absolute Gasteiger partial charge is 0.0587 e. The molecule has 0 aromatic heterocycles. The van der Waals surface area contributed by atoms with E-state index in [2.05, 4.69) is 5.32 Å². The van der Waals surface area contributed by atoms with E-state index in [1.165, 1.54) is 77.2 Å². The van der Waals surface area contributed by atoms with E-state index in [1.54, 1.807) is 0 Å². The summed E-state index contributed by atoms with van der Waals surface area (Å²) in [5.41, 5.74) is 0.714. The average Bonchev–Trinajstić information content (AvgIpc) is 2.44. The fourth-order valence-corrected chi connectivity index (χ4v) is 4.32. The van der Waals surface area contributed by atoms with Gasteiger partial charge in [-0.1, -0.05) is 19.3 Å². The van der Waals surface area contributed by atoms with Crippen molar-refractivity contribution in [3.63, 3.8) is 0 Å². The van der Waals surface area contributed by atoms with E-state index >= 15 is 0 Å². The summed E-state index contributed by atoms with van der Waals surface area (Å²) in [5.74, 6) is 0. The molecule has 2 unspecified atom stereocenters. The van der Waals surface area contributed by atoms with Crippen molar-refractivity contribution >= 4 is 0 Å². The Morgan fingerprint density at radius 2 is 1.83 bits per heavy atom. The molecule has 1 saturated heterocycles. The van der Waals surface area contributed by atoms with Crippen molar-refractivity contribution in [1.82, 2.24) is 5.32 Å². The highest BCUT2D eigenvalue weighted by Crippen LogP contribution is 2.51. The molecule has 1 N–H and O–H groups in total. The van der Waals surface area contributed by atoms with Gasteiger partial charge in [-0.2, -0.15) is 0 Å². The predicted molar refractivity (Wildman–Crippen MR) is 74.8 cm³/mol. The quantitative estimate of drug-likeness (QED) is 0.823. The van der Waals surface area contributed by atoms with Gasteiger partial charge >= 0.3 is 0 Å². The van der Waals surface area contributed by atoms with Crippen LogP contribution in [-0.4, -0.2) is 25.3 Å². The molecule has 0 aromatic carbocycles. The van der Waals surface area contributed by atoms with Gasteiger partial charge in [0, 0.05) is 12.6 Å². The van der Waals surface area contributed by atoms with Crippen LogP contribution in [0.1, 0.15) is 70.6 Å². The minimum absolute atomic E-state index is 0.550. The number of ether oxygens (including phenoxy) is 1. The van der Waals surface area contributed by atoms with Crippen LogP contribution < -0.4 is 5.32 Å². The van der Waals surface area contributed by atoms with Gasteiger partial charge in [0.1, 0.15) is 0 Å². The molecule has 2 aliphatic carbocycles. The van der Waals surface area contributed by atoms with Crippen LogP contribution in [0.3, 0.4) is 0 Å². The zero-order valence-corrected chi connectivity index (χ0v) is 11.8. The second-order valence-corrected chi connectivity index (χ2v) is 6.75. The monoisotopic (exact) mass is 251 g/mol. The molecule has 2 atom stereocenters. The Bertz CT molecular complexity index is 254. The molecule has 3 rings (SSSR count). The van der Waals surface area contributed by atoms with Crippen molar-refractivity contribution in [3.8, 4) is 0 Å². The molecule has 3 aliphatic rings. The lowest BCUT2D eigenvalue weighted by Crippen LogP contribution is -2.54. The van der Waals surface area contributed by atoms with E-state index < -0.39 is 0 Å². The Hall–Kier alpha value is -0.0800. The van der Waals surface area contributed by atoms with Crippen LogP contribution in [-0.2, 0) is 4.74 Å². The first-order valence-corrected chi connectivity index (χ1v) is 8.24. The number of nitrogens with one attached hydrogen (secondary N) is 1. The summed E-state index contributed by atoms with van der Waals surface area (Å²) in [6.45, 7) is 2.18. The number of hydrogen-bond acceptors (Lipinski definition) is 2. The summed E-state index contributed by atoms with van der Waals surface area (Å²) < 4.78 is 5.81. The molecule has 2 saturated carbocycles. The molecule has 1 heterocycles. The van der Waals surface area contributed by atoms with E-state index in [9.17, 15) is 0 Å². The first-order chi connectivity index (χ1) is 8.89. The zero-order valence-electron chi connectivity index (χ0n) is 11.8. The standard InChI is InChI=1S/C16H29NO/c1-3-9-16(10-4-1)11-7-15(16)17-12-8-14-6-2-5-13-18-14/h14-15,17H,1-13H2. The predicted octanol–water partition coefficient (Wildman–Crippen LogP) is 3.65. The summed E-state index contributed by atoms with van der Waals surface area (Å²) in [5, 5.41) is 3.85. The molecule has 0 aromatic rings. The molecule has 18 heavy (non-hydrogen) atoms. The van der Waals surface area contributed by atoms with Crippen molar-refractivity contribution in [2.24, 2.45) is 5.41 Å². The van der Waals surface area contributed by atoms with E-state index in [4.69, 9.17) is 4.74 Å². The van der Waals surface area contributed by atoms with Gasteiger partial charge in [-0.25, -0.2) is 0 Å². The molecular formula is C16H29NO. The van der Waals surface area contributed by atoms with E-state index in [0.717, 1.165) is 12.6 Å². The van der Waals surface area contributed by atoms with Crippen molar-refractivity contribution in [1.29, 1.82) is 0 Å². The molecule has 2 heteroatoms. The third-order valence-electron chi connectivity index (χ3n) is 5.65. The molecular weight excluding hydrogens is 222 g/mol. The highest BCUT2D eigenvalue weighted by molar-refractivity contribution is 5.01. The molecule has 3 fully saturated rings. The maximum atomic E-state index is 5.81. The second-order valence-electron chi connectivity index (χ2n) is 6.75. The third kappa shape index (κ3) is 2.75. The SMILES string of the molecule is C1CCC2(CC1)CCC2NCCC1CCCCO1. The fraction of sp³-hybridized carbons (Fsp3) is 1.00. The largest absolute Gasteiger partial charge is 0.378 e. The highest BCUT2D eigenvalue weighted by atomic mass is 16.5. The number of rotatable bonds is 4. The summed E-state index contributed by atoms with van der Waals surface area (Å²) in [6.07, 6.45) is 16.0. The van der Waals surface area contributed by atoms with Crippen LogP contribution in [0.5, 0.6) is 0 Å². The average molecular weight is 251 g/mol. The normalized spacial score (nSPS) is 35.3. The Morgan fingerprint density at radius 1 is 0.944 bits per heavy atom. The van der Waals surface area contributed by atoms with Crippen molar-refractivity contribution < 1.29 is 4.74 Å². The van der Waals surface area contributed by atoms with Gasteiger partial charge in [0.15, 0.2) is 0 Å². The molecule has 2 nitrogen and oxygen atoms in total. The van der Waals surface area contributed by atoms with Crippen LogP contribution in [0.25, 0.3) is 0 Å². The van der Waals surface area contributed by atoms with Crippen LogP contribution in [0.2, 0.25) is 0 Å². The lowest BCUT2D eigenvalue weighted by Gasteiger charge is -2.52. The zero-order chi connectivity index (χ0) is 12.3. The van der Waals surface area contributed by atoms with Crippen LogP contribution >= 0.6 is 0 Å². The fourth-order valence-electron chi connectivity index (χ4n) is 4.32. The summed E-state index contributed by atoms with van der Waals surface area (Å²) >= 11 is 0. The topological polar surface area (TPSA) is 21.3 Å². The van der Waals surface area contributed by atoms with Gasteiger partial charge in [0.05, 0.1) is 6.10 Å². The Kier molecular flexibility index (Phi) is 4.25. The van der Waals surface area contributed by atoms with Gasteiger partial charge in [-0.3, -0.25) is 0 Å². The lowest BCUT2D eigenvalue weighted by atomic mass is 9.57. The molecule has 1 aliphatic heterocycles. The molecule has 1 spiro atoms. The second kappa shape index (κ2) is 5.92. The number of hydrogen-bond donors (Lipinski definition) is 1. The summed E-state index contributed by atoms with van der Waals surface area (Å²) in [6, 6.07) is 0.835. The van der Waals surface area contributed by atoms with E-state index in [1.807, 2.05) is 0 Å². The third-order valence-corrected chi connectivity index (χ3v) is 5.65. The minimum atomic E-state index is 0.550. The summed E-state index contributed by atoms with van der Waals surface area (Å²) in [4.78, 5) is 0. The summed E-state index contributed by atoms with van der Waals surface area (Å²) in [7, 11) is 0. The Labute approximate surface area is 112 Å². The van der Waals surface area contributed by atoms with Crippen LogP contribution in [0.15, 0.2) is 0 Å². The maximum absolute atomic E-state index is 5.81. The van der Waals surface area contributed by atoms with Crippen LogP contribution in [0, 0.1) is 5.41 Å². The lowest BCUT2D eigenvalue weighted by molar-refractivity contribution is 0.000125. The van der Waals surface area contributed by atoms with Crippen molar-refractivity contribution in [3.05, 3.63) is 0 Å². The van der Waals surface area contributed by atoms with Crippen molar-refractivity contribution in [2.45, 2.75) is 82.8 Å². The van der Waals surface area contributed by atoms with Gasteiger partial charge in [0.25, 0.3) is 0 Å². The van der Waals surface area contributed by atoms with Gasteiger partial charge in [-0.05, 0) is 63.3 Å². The van der Waals surface area contributed by atoms with Gasteiger partial charge < -0.3 is 10.1 Å². The van der Waals surface area contributed by atoms with Crippen molar-refractivity contribution in [2.75, 3.05) is 13.2 Å². The van der Waals surface area contributed by atoms with E-state index in [0.29, 0.717) is 11.5 Å². The maximum Gasteiger partial charge on any atom is 0.0587 e. The first kappa shape index (κ1) is 12.9. The molecule has 0 bridgehead atoms. The Balaban J connectivity index is 1.37. The Morgan fingerprint density at radius 3 is 2.50 bits per heavy atom. The van der Waals surface area contributed by atoms with Crippen LogP contribution in [0.4, 0.5) is 0 Å². The highest BCUT2D eigenvalue weighted by Gasteiger charge is 2.46. The minimum Gasteiger partial charge on any atom is -0.378 e. The molecule has 104 valence electrons. The van der Waals surface area contributed by atoms with Gasteiger partial charge in [0.2, 0.25) is 0 Å². The first-order valence-electron chi connectivity index (χ1n) is 8.24. The van der Waals surface area contributed by atoms with E-state index in [-0.39, 0.29) is 0 Å².